The number of aromatic nitrogens is 2. The molecule has 21 heavy (non-hydrogen) atoms. The van der Waals surface area contributed by atoms with Crippen molar-refractivity contribution in [1.29, 1.82) is 5.26 Å². The van der Waals surface area contributed by atoms with Crippen molar-refractivity contribution in [3.8, 4) is 6.07 Å². The number of aryl methyl sites for hydroxylation is 2. The normalized spacial score (nSPS) is 14.0. The highest BCUT2D eigenvalue weighted by Gasteiger charge is 2.14. The maximum absolute atomic E-state index is 9.37. The first-order valence-electron chi connectivity index (χ1n) is 7.31. The zero-order valence-corrected chi connectivity index (χ0v) is 12.7. The van der Waals surface area contributed by atoms with Gasteiger partial charge in [0.1, 0.15) is 11.1 Å². The van der Waals surface area contributed by atoms with Crippen LogP contribution >= 0.6 is 11.8 Å². The average Bonchev–Trinajstić information content (AvgIpc) is 2.77. The quantitative estimate of drug-likeness (QED) is 0.636. The van der Waals surface area contributed by atoms with E-state index in [-0.39, 0.29) is 0 Å². The number of rotatable bonds is 3. The molecule has 0 atom stereocenters. The second-order valence-corrected chi connectivity index (χ2v) is 6.23. The van der Waals surface area contributed by atoms with Crippen LogP contribution in [0.1, 0.15) is 41.6 Å². The Hall–Kier alpha value is -1.86. The molecule has 0 spiro atoms. The molecule has 0 aliphatic heterocycles. The highest BCUT2D eigenvalue weighted by molar-refractivity contribution is 7.98. The zero-order chi connectivity index (χ0) is 14.5. The molecular weight excluding hydrogens is 278 g/mol. The van der Waals surface area contributed by atoms with Crippen LogP contribution in [-0.4, -0.2) is 9.97 Å². The average molecular weight is 295 g/mol. The van der Waals surface area contributed by atoms with Gasteiger partial charge in [-0.05, 0) is 55.0 Å². The molecular formula is C17H17N3S. The summed E-state index contributed by atoms with van der Waals surface area (Å²) in [5.74, 6) is 0.822. The van der Waals surface area contributed by atoms with Crippen LogP contribution in [0.2, 0.25) is 0 Å². The van der Waals surface area contributed by atoms with Crippen molar-refractivity contribution in [3.05, 3.63) is 53.0 Å². The van der Waals surface area contributed by atoms with Gasteiger partial charge in [-0.15, -0.1) is 11.8 Å². The SMILES string of the molecule is N#Cc1cc2c(nc1SCc1ccncc1)CCCCC2. The standard InChI is InChI=1S/C17H17N3S/c18-11-15-10-14-4-2-1-3-5-16(14)20-17(15)21-12-13-6-8-19-9-7-13/h6-10H,1-5,12H2. The van der Waals surface area contributed by atoms with Crippen molar-refractivity contribution < 1.29 is 0 Å². The number of fused-ring (bicyclic) bond motifs is 1. The van der Waals surface area contributed by atoms with E-state index in [9.17, 15) is 5.26 Å². The molecule has 4 heteroatoms. The molecule has 2 aromatic rings. The fraction of sp³-hybridized carbons (Fsp3) is 0.353. The lowest BCUT2D eigenvalue weighted by molar-refractivity contribution is 0.707. The van der Waals surface area contributed by atoms with Gasteiger partial charge in [0.2, 0.25) is 0 Å². The van der Waals surface area contributed by atoms with Gasteiger partial charge < -0.3 is 0 Å². The number of nitriles is 1. The highest BCUT2D eigenvalue weighted by Crippen LogP contribution is 2.28. The molecule has 0 amide bonds. The van der Waals surface area contributed by atoms with Crippen LogP contribution in [0.3, 0.4) is 0 Å². The Bertz CT molecular complexity index is 662. The molecule has 1 aliphatic carbocycles. The molecule has 1 aliphatic rings. The summed E-state index contributed by atoms with van der Waals surface area (Å²) in [5, 5.41) is 10.2. The topological polar surface area (TPSA) is 49.6 Å². The first-order valence-corrected chi connectivity index (χ1v) is 8.30. The van der Waals surface area contributed by atoms with E-state index >= 15 is 0 Å². The van der Waals surface area contributed by atoms with Gasteiger partial charge in [0, 0.05) is 23.8 Å². The van der Waals surface area contributed by atoms with Crippen LogP contribution in [0.15, 0.2) is 35.6 Å². The van der Waals surface area contributed by atoms with Gasteiger partial charge in [0.25, 0.3) is 0 Å². The molecule has 2 heterocycles. The molecule has 0 aromatic carbocycles. The Morgan fingerprint density at radius 3 is 2.76 bits per heavy atom. The summed E-state index contributed by atoms with van der Waals surface area (Å²) in [6, 6.07) is 8.37. The molecule has 3 rings (SSSR count). The summed E-state index contributed by atoms with van der Waals surface area (Å²) in [6.45, 7) is 0. The van der Waals surface area contributed by atoms with Crippen molar-refractivity contribution in [2.75, 3.05) is 0 Å². The summed E-state index contributed by atoms with van der Waals surface area (Å²) in [4.78, 5) is 8.81. The Balaban J connectivity index is 1.84. The molecule has 0 unspecified atom stereocenters. The number of thioether (sulfide) groups is 1. The van der Waals surface area contributed by atoms with Crippen LogP contribution in [0, 0.1) is 11.3 Å². The molecule has 0 saturated heterocycles. The van der Waals surface area contributed by atoms with E-state index < -0.39 is 0 Å². The molecule has 2 aromatic heterocycles. The van der Waals surface area contributed by atoms with Crippen LogP contribution in [-0.2, 0) is 18.6 Å². The molecule has 0 radical (unpaired) electrons. The van der Waals surface area contributed by atoms with Crippen molar-refractivity contribution >= 4 is 11.8 Å². The Labute approximate surface area is 129 Å². The van der Waals surface area contributed by atoms with Gasteiger partial charge >= 0.3 is 0 Å². The summed E-state index contributed by atoms with van der Waals surface area (Å²) < 4.78 is 0. The fourth-order valence-electron chi connectivity index (χ4n) is 2.61. The van der Waals surface area contributed by atoms with Gasteiger partial charge in [-0.3, -0.25) is 4.98 Å². The van der Waals surface area contributed by atoms with Gasteiger partial charge in [-0.1, -0.05) is 6.42 Å². The third-order valence-corrected chi connectivity index (χ3v) is 4.82. The van der Waals surface area contributed by atoms with Crippen molar-refractivity contribution in [3.63, 3.8) is 0 Å². The monoisotopic (exact) mass is 295 g/mol. The van der Waals surface area contributed by atoms with Crippen molar-refractivity contribution in [2.24, 2.45) is 0 Å². The summed E-state index contributed by atoms with van der Waals surface area (Å²) in [5.41, 5.74) is 4.39. The molecule has 0 N–H and O–H groups in total. The largest absolute Gasteiger partial charge is 0.265 e. The zero-order valence-electron chi connectivity index (χ0n) is 11.9. The van der Waals surface area contributed by atoms with Gasteiger partial charge in [0.15, 0.2) is 0 Å². The molecule has 0 bridgehead atoms. The van der Waals surface area contributed by atoms with Crippen LogP contribution < -0.4 is 0 Å². The molecule has 0 fully saturated rings. The van der Waals surface area contributed by atoms with Gasteiger partial charge in [-0.2, -0.15) is 5.26 Å². The van der Waals surface area contributed by atoms with E-state index in [2.05, 4.69) is 17.1 Å². The van der Waals surface area contributed by atoms with E-state index in [0.29, 0.717) is 0 Å². The maximum atomic E-state index is 9.37. The number of nitrogens with zero attached hydrogens (tertiary/aromatic N) is 3. The predicted molar refractivity (Wildman–Crippen MR) is 84.0 cm³/mol. The van der Waals surface area contributed by atoms with Crippen molar-refractivity contribution in [1.82, 2.24) is 9.97 Å². The minimum absolute atomic E-state index is 0.717. The van der Waals surface area contributed by atoms with E-state index in [1.807, 2.05) is 12.1 Å². The lowest BCUT2D eigenvalue weighted by Gasteiger charge is -2.10. The van der Waals surface area contributed by atoms with Crippen molar-refractivity contribution in [2.45, 2.75) is 42.9 Å². The second-order valence-electron chi connectivity index (χ2n) is 5.26. The van der Waals surface area contributed by atoms with E-state index in [1.165, 1.54) is 36.1 Å². The lowest BCUT2D eigenvalue weighted by atomic mass is 10.1. The Morgan fingerprint density at radius 2 is 1.95 bits per heavy atom. The minimum Gasteiger partial charge on any atom is -0.265 e. The number of hydrogen-bond donors (Lipinski definition) is 0. The van der Waals surface area contributed by atoms with Crippen LogP contribution in [0.25, 0.3) is 0 Å². The lowest BCUT2D eigenvalue weighted by Crippen LogP contribution is -2.00. The first-order chi connectivity index (χ1) is 10.4. The second kappa shape index (κ2) is 6.73. The summed E-state index contributed by atoms with van der Waals surface area (Å²) >= 11 is 1.64. The fourth-order valence-corrected chi connectivity index (χ4v) is 3.54. The molecule has 3 nitrogen and oxygen atoms in total. The highest BCUT2D eigenvalue weighted by atomic mass is 32.2. The van der Waals surface area contributed by atoms with Gasteiger partial charge in [0.05, 0.1) is 5.56 Å². The molecule has 106 valence electrons. The minimum atomic E-state index is 0.717. The van der Waals surface area contributed by atoms with Crippen LogP contribution in [0.5, 0.6) is 0 Å². The Kier molecular flexibility index (Phi) is 4.52. The maximum Gasteiger partial charge on any atom is 0.114 e. The van der Waals surface area contributed by atoms with E-state index in [4.69, 9.17) is 4.98 Å². The third kappa shape index (κ3) is 3.43. The van der Waals surface area contributed by atoms with E-state index in [1.54, 1.807) is 24.2 Å². The number of pyridine rings is 2. The van der Waals surface area contributed by atoms with Crippen LogP contribution in [0.4, 0.5) is 0 Å². The first kappa shape index (κ1) is 14.1. The third-order valence-electron chi connectivity index (χ3n) is 3.76. The summed E-state index contributed by atoms with van der Waals surface area (Å²) in [6.07, 6.45) is 9.38. The van der Waals surface area contributed by atoms with Gasteiger partial charge in [-0.25, -0.2) is 4.98 Å². The predicted octanol–water partition coefficient (Wildman–Crippen LogP) is 3.91. The summed E-state index contributed by atoms with van der Waals surface area (Å²) in [7, 11) is 0. The smallest absolute Gasteiger partial charge is 0.114 e. The Morgan fingerprint density at radius 1 is 1.14 bits per heavy atom. The molecule has 0 saturated carbocycles. The number of hydrogen-bond acceptors (Lipinski definition) is 4. The van der Waals surface area contributed by atoms with E-state index in [0.717, 1.165) is 29.2 Å².